The number of ether oxygens (including phenoxy) is 1. The second-order valence-corrected chi connectivity index (χ2v) is 4.55. The summed E-state index contributed by atoms with van der Waals surface area (Å²) < 4.78 is 5.37. The molecule has 1 aliphatic rings. The third kappa shape index (κ3) is 1.39. The zero-order valence-electron chi connectivity index (χ0n) is 9.73. The van der Waals surface area contributed by atoms with Gasteiger partial charge in [-0.05, 0) is 29.9 Å². The first-order valence-corrected chi connectivity index (χ1v) is 5.78. The fourth-order valence-corrected chi connectivity index (χ4v) is 2.43. The van der Waals surface area contributed by atoms with Crippen LogP contribution in [0.15, 0.2) is 36.4 Å². The van der Waals surface area contributed by atoms with Gasteiger partial charge >= 0.3 is 0 Å². The summed E-state index contributed by atoms with van der Waals surface area (Å²) in [5.41, 5.74) is 0.905. The Morgan fingerprint density at radius 3 is 2.41 bits per heavy atom. The van der Waals surface area contributed by atoms with Gasteiger partial charge in [-0.2, -0.15) is 5.26 Å². The maximum atomic E-state index is 9.31. The van der Waals surface area contributed by atoms with Gasteiger partial charge in [-0.15, -0.1) is 0 Å². The molecule has 0 N–H and O–H groups in total. The zero-order valence-corrected chi connectivity index (χ0v) is 9.73. The van der Waals surface area contributed by atoms with E-state index in [0.29, 0.717) is 0 Å². The summed E-state index contributed by atoms with van der Waals surface area (Å²) in [6.07, 6.45) is 1.94. The second kappa shape index (κ2) is 3.49. The van der Waals surface area contributed by atoms with Crippen molar-refractivity contribution in [2.75, 3.05) is 7.11 Å². The first-order chi connectivity index (χ1) is 8.30. The third-order valence-corrected chi connectivity index (χ3v) is 3.58. The van der Waals surface area contributed by atoms with Gasteiger partial charge in [0.15, 0.2) is 0 Å². The van der Waals surface area contributed by atoms with Crippen LogP contribution in [0.3, 0.4) is 0 Å². The van der Waals surface area contributed by atoms with Crippen LogP contribution in [-0.4, -0.2) is 7.11 Å². The maximum Gasteiger partial charge on any atom is 0.126 e. The van der Waals surface area contributed by atoms with Crippen molar-refractivity contribution in [3.63, 3.8) is 0 Å². The number of fused-ring (bicyclic) bond motifs is 1. The molecule has 0 spiro atoms. The normalized spacial score (nSPS) is 16.5. The maximum absolute atomic E-state index is 9.31. The Labute approximate surface area is 100 Å². The Bertz CT molecular complexity index is 620. The Kier molecular flexibility index (Phi) is 2.09. The van der Waals surface area contributed by atoms with Gasteiger partial charge in [0.05, 0.1) is 18.6 Å². The molecule has 0 radical (unpaired) electrons. The van der Waals surface area contributed by atoms with E-state index in [0.717, 1.165) is 34.9 Å². The highest BCUT2D eigenvalue weighted by Gasteiger charge is 2.45. The lowest BCUT2D eigenvalue weighted by atomic mass is 9.91. The van der Waals surface area contributed by atoms with Gasteiger partial charge in [-0.25, -0.2) is 0 Å². The molecule has 0 aliphatic heterocycles. The summed E-state index contributed by atoms with van der Waals surface area (Å²) in [6.45, 7) is 0. The average molecular weight is 223 g/mol. The van der Waals surface area contributed by atoms with Gasteiger partial charge in [-0.1, -0.05) is 30.3 Å². The molecule has 0 saturated heterocycles. The molecule has 0 unspecified atom stereocenters. The third-order valence-electron chi connectivity index (χ3n) is 3.58. The number of rotatable bonds is 2. The van der Waals surface area contributed by atoms with Gasteiger partial charge < -0.3 is 4.74 Å². The molecule has 2 aromatic rings. The molecule has 1 saturated carbocycles. The van der Waals surface area contributed by atoms with Crippen LogP contribution >= 0.6 is 0 Å². The molecular weight excluding hydrogens is 210 g/mol. The smallest absolute Gasteiger partial charge is 0.126 e. The van der Waals surface area contributed by atoms with E-state index in [9.17, 15) is 5.26 Å². The Hall–Kier alpha value is -2.01. The first-order valence-electron chi connectivity index (χ1n) is 5.78. The zero-order chi connectivity index (χ0) is 11.9. The first kappa shape index (κ1) is 10.2. The number of benzene rings is 2. The highest BCUT2D eigenvalue weighted by atomic mass is 16.5. The predicted molar refractivity (Wildman–Crippen MR) is 67.0 cm³/mol. The quantitative estimate of drug-likeness (QED) is 0.781. The van der Waals surface area contributed by atoms with Crippen molar-refractivity contribution in [1.82, 2.24) is 0 Å². The minimum atomic E-state index is -0.244. The summed E-state index contributed by atoms with van der Waals surface area (Å²) in [6, 6.07) is 14.6. The molecule has 84 valence electrons. The van der Waals surface area contributed by atoms with Gasteiger partial charge in [0.25, 0.3) is 0 Å². The van der Waals surface area contributed by atoms with E-state index < -0.39 is 0 Å². The van der Waals surface area contributed by atoms with E-state index in [2.05, 4.69) is 12.1 Å². The van der Waals surface area contributed by atoms with Crippen LogP contribution in [0.5, 0.6) is 5.75 Å². The minimum Gasteiger partial charge on any atom is -0.496 e. The van der Waals surface area contributed by atoms with Crippen molar-refractivity contribution in [3.05, 3.63) is 42.0 Å². The Morgan fingerprint density at radius 1 is 1.12 bits per heavy atom. The van der Waals surface area contributed by atoms with Crippen molar-refractivity contribution in [3.8, 4) is 11.8 Å². The molecule has 3 rings (SSSR count). The molecule has 2 aromatic carbocycles. The van der Waals surface area contributed by atoms with Gasteiger partial charge in [0.1, 0.15) is 5.75 Å². The van der Waals surface area contributed by atoms with E-state index >= 15 is 0 Å². The molecule has 0 amide bonds. The van der Waals surface area contributed by atoms with Gasteiger partial charge in [0, 0.05) is 5.39 Å². The van der Waals surface area contributed by atoms with Crippen LogP contribution in [0, 0.1) is 11.3 Å². The van der Waals surface area contributed by atoms with Crippen LogP contribution in [0.1, 0.15) is 18.4 Å². The van der Waals surface area contributed by atoms with E-state index in [4.69, 9.17) is 4.74 Å². The lowest BCUT2D eigenvalue weighted by Crippen LogP contribution is -2.03. The summed E-state index contributed by atoms with van der Waals surface area (Å²) in [7, 11) is 1.68. The predicted octanol–water partition coefficient (Wildman–Crippen LogP) is 3.40. The van der Waals surface area contributed by atoms with Crippen molar-refractivity contribution in [2.45, 2.75) is 18.3 Å². The molecule has 1 aliphatic carbocycles. The molecule has 17 heavy (non-hydrogen) atoms. The summed E-state index contributed by atoms with van der Waals surface area (Å²) in [5.74, 6) is 0.873. The highest BCUT2D eigenvalue weighted by Crippen LogP contribution is 2.50. The number of nitrogens with zero attached hydrogens (tertiary/aromatic N) is 1. The molecule has 2 heteroatoms. The summed E-state index contributed by atoms with van der Waals surface area (Å²) in [5, 5.41) is 11.6. The van der Waals surface area contributed by atoms with Crippen molar-refractivity contribution in [1.29, 1.82) is 5.26 Å². The Balaban J connectivity index is 2.32. The molecule has 0 aromatic heterocycles. The fourth-order valence-electron chi connectivity index (χ4n) is 2.43. The average Bonchev–Trinajstić information content (AvgIpc) is 3.18. The topological polar surface area (TPSA) is 33.0 Å². The second-order valence-electron chi connectivity index (χ2n) is 4.55. The summed E-state index contributed by atoms with van der Waals surface area (Å²) in [4.78, 5) is 0. The molecule has 0 bridgehead atoms. The van der Waals surface area contributed by atoms with Crippen LogP contribution in [0.4, 0.5) is 0 Å². The summed E-state index contributed by atoms with van der Waals surface area (Å²) >= 11 is 0. The SMILES string of the molecule is COc1ccc(C2(C#N)CC2)c2ccccc12. The fraction of sp³-hybridized carbons (Fsp3) is 0.267. The van der Waals surface area contributed by atoms with Crippen molar-refractivity contribution >= 4 is 10.8 Å². The van der Waals surface area contributed by atoms with E-state index in [1.165, 1.54) is 0 Å². The van der Waals surface area contributed by atoms with Crippen LogP contribution < -0.4 is 4.74 Å². The number of hydrogen-bond acceptors (Lipinski definition) is 2. The lowest BCUT2D eigenvalue weighted by Gasteiger charge is -2.13. The van der Waals surface area contributed by atoms with Crippen LogP contribution in [-0.2, 0) is 5.41 Å². The van der Waals surface area contributed by atoms with Gasteiger partial charge in [0.2, 0.25) is 0 Å². The van der Waals surface area contributed by atoms with Crippen molar-refractivity contribution < 1.29 is 4.74 Å². The van der Waals surface area contributed by atoms with E-state index in [1.54, 1.807) is 7.11 Å². The molecule has 0 atom stereocenters. The molecule has 1 fully saturated rings. The highest BCUT2D eigenvalue weighted by molar-refractivity contribution is 5.92. The number of nitriles is 1. The minimum absolute atomic E-state index is 0.244. The number of methoxy groups -OCH3 is 1. The van der Waals surface area contributed by atoms with Crippen molar-refractivity contribution in [2.24, 2.45) is 0 Å². The van der Waals surface area contributed by atoms with Crippen LogP contribution in [0.25, 0.3) is 10.8 Å². The molecule has 2 nitrogen and oxygen atoms in total. The molecular formula is C15H13NO. The standard InChI is InChI=1S/C15H13NO/c1-17-14-7-6-13(15(10-16)8-9-15)11-4-2-3-5-12(11)14/h2-7H,8-9H2,1H3. The largest absolute Gasteiger partial charge is 0.496 e. The van der Waals surface area contributed by atoms with Gasteiger partial charge in [-0.3, -0.25) is 0 Å². The lowest BCUT2D eigenvalue weighted by molar-refractivity contribution is 0.419. The molecule has 0 heterocycles. The number of hydrogen-bond donors (Lipinski definition) is 0. The van der Waals surface area contributed by atoms with E-state index in [-0.39, 0.29) is 5.41 Å². The van der Waals surface area contributed by atoms with Crippen LogP contribution in [0.2, 0.25) is 0 Å². The monoisotopic (exact) mass is 223 g/mol. The Morgan fingerprint density at radius 2 is 1.82 bits per heavy atom. The van der Waals surface area contributed by atoms with E-state index in [1.807, 2.05) is 30.3 Å².